The quantitative estimate of drug-likeness (QED) is 0.576. The van der Waals surface area contributed by atoms with Gasteiger partial charge in [-0.1, -0.05) is 37.3 Å². The Hall–Kier alpha value is -2.90. The molecule has 2 aliphatic rings. The van der Waals surface area contributed by atoms with Gasteiger partial charge in [-0.15, -0.1) is 0 Å². The second-order valence-electron chi connectivity index (χ2n) is 10.2. The molecule has 0 bridgehead atoms. The van der Waals surface area contributed by atoms with E-state index in [0.717, 1.165) is 24.6 Å². The highest BCUT2D eigenvalue weighted by atomic mass is 16.5. The average Bonchev–Trinajstić information content (AvgIpc) is 3.65. The fourth-order valence-corrected chi connectivity index (χ4v) is 4.63. The number of rotatable bonds is 9. The van der Waals surface area contributed by atoms with Crippen molar-refractivity contribution in [2.75, 3.05) is 38.6 Å². The third-order valence-corrected chi connectivity index (χ3v) is 6.91. The van der Waals surface area contributed by atoms with Gasteiger partial charge in [0.25, 0.3) is 5.91 Å². The van der Waals surface area contributed by atoms with Gasteiger partial charge in [0.05, 0.1) is 24.6 Å². The van der Waals surface area contributed by atoms with Gasteiger partial charge >= 0.3 is 0 Å². The molecule has 188 valence electrons. The van der Waals surface area contributed by atoms with E-state index in [0.29, 0.717) is 23.5 Å². The van der Waals surface area contributed by atoms with Crippen molar-refractivity contribution in [1.29, 1.82) is 0 Å². The lowest BCUT2D eigenvalue weighted by Gasteiger charge is -2.38. The molecule has 0 unspecified atom stereocenters. The third kappa shape index (κ3) is 6.61. The fraction of sp³-hybridized carbons (Fsp3) is 0.500. The van der Waals surface area contributed by atoms with Crippen LogP contribution in [0.5, 0.6) is 5.75 Å². The normalized spacial score (nSPS) is 21.1. The molecule has 1 heterocycles. The molecule has 0 aromatic heterocycles. The zero-order valence-electron chi connectivity index (χ0n) is 20.9. The van der Waals surface area contributed by atoms with Crippen molar-refractivity contribution in [2.45, 2.75) is 45.3 Å². The minimum absolute atomic E-state index is 0.0907. The zero-order chi connectivity index (χ0) is 24.9. The molecule has 2 aromatic carbocycles. The van der Waals surface area contributed by atoms with E-state index in [9.17, 15) is 14.7 Å². The maximum Gasteiger partial charge on any atom is 0.258 e. The highest BCUT2D eigenvalue weighted by Crippen LogP contribution is 2.32. The lowest BCUT2D eigenvalue weighted by Crippen LogP contribution is -2.50. The van der Waals surface area contributed by atoms with Crippen LogP contribution in [0.15, 0.2) is 48.5 Å². The molecule has 3 atom stereocenters. The number of nitrogens with zero attached hydrogens (tertiary/aromatic N) is 2. The van der Waals surface area contributed by atoms with E-state index in [4.69, 9.17) is 4.74 Å². The number of aliphatic hydroxyl groups excluding tert-OH is 1. The minimum atomic E-state index is -0.322. The third-order valence-electron chi connectivity index (χ3n) is 6.91. The van der Waals surface area contributed by atoms with Crippen LogP contribution >= 0.6 is 0 Å². The lowest BCUT2D eigenvalue weighted by atomic mass is 9.99. The summed E-state index contributed by atoms with van der Waals surface area (Å²) >= 11 is 0. The first-order valence-corrected chi connectivity index (χ1v) is 12.6. The first-order chi connectivity index (χ1) is 16.8. The van der Waals surface area contributed by atoms with Crippen LogP contribution in [0.4, 0.5) is 5.69 Å². The van der Waals surface area contributed by atoms with Crippen LogP contribution in [0.2, 0.25) is 0 Å². The molecule has 0 radical (unpaired) electrons. The van der Waals surface area contributed by atoms with Crippen LogP contribution in [-0.4, -0.2) is 72.2 Å². The summed E-state index contributed by atoms with van der Waals surface area (Å²) in [5.41, 5.74) is 1.88. The fourth-order valence-electron chi connectivity index (χ4n) is 4.63. The molecular formula is C28H37N3O4. The second-order valence-corrected chi connectivity index (χ2v) is 10.2. The summed E-state index contributed by atoms with van der Waals surface area (Å²) < 4.78 is 6.45. The number of carbonyl (C=O) groups is 2. The second kappa shape index (κ2) is 11.2. The Morgan fingerprint density at radius 1 is 1.20 bits per heavy atom. The van der Waals surface area contributed by atoms with Crippen molar-refractivity contribution in [3.05, 3.63) is 59.7 Å². The highest BCUT2D eigenvalue weighted by molar-refractivity contribution is 6.00. The number of likely N-dealkylation sites (N-methyl/N-ethyl adjacent to an activating group) is 1. The number of hydrogen-bond acceptors (Lipinski definition) is 5. The van der Waals surface area contributed by atoms with Crippen LogP contribution in [0.25, 0.3) is 0 Å². The van der Waals surface area contributed by atoms with Gasteiger partial charge in [0.1, 0.15) is 11.9 Å². The first-order valence-electron chi connectivity index (χ1n) is 12.6. The van der Waals surface area contributed by atoms with Crippen molar-refractivity contribution >= 4 is 17.5 Å². The van der Waals surface area contributed by atoms with Crippen molar-refractivity contribution in [1.82, 2.24) is 9.80 Å². The Morgan fingerprint density at radius 3 is 2.63 bits per heavy atom. The van der Waals surface area contributed by atoms with Gasteiger partial charge in [-0.2, -0.15) is 0 Å². The molecule has 2 aromatic rings. The number of anilines is 1. The SMILES string of the molecule is C[C@@H]1CN([C@H](C)CO)C(=O)c2cc(NC(=O)Cc3ccccc3)ccc2O[C@H]1CN(C)CC1CC1. The number of aliphatic hydroxyl groups is 1. The van der Waals surface area contributed by atoms with Gasteiger partial charge in [-0.05, 0) is 56.5 Å². The Bertz CT molecular complexity index is 1020. The van der Waals surface area contributed by atoms with Gasteiger partial charge < -0.3 is 25.0 Å². The monoisotopic (exact) mass is 479 g/mol. The molecule has 0 spiro atoms. The van der Waals surface area contributed by atoms with Crippen LogP contribution in [0.1, 0.15) is 42.6 Å². The summed E-state index contributed by atoms with van der Waals surface area (Å²) in [5, 5.41) is 12.8. The van der Waals surface area contributed by atoms with Gasteiger partial charge in [-0.3, -0.25) is 9.59 Å². The minimum Gasteiger partial charge on any atom is -0.488 e. The van der Waals surface area contributed by atoms with Crippen molar-refractivity contribution in [3.63, 3.8) is 0 Å². The summed E-state index contributed by atoms with van der Waals surface area (Å²) in [6, 6.07) is 14.5. The molecule has 35 heavy (non-hydrogen) atoms. The molecule has 1 fully saturated rings. The maximum absolute atomic E-state index is 13.6. The van der Waals surface area contributed by atoms with Crippen LogP contribution in [-0.2, 0) is 11.2 Å². The van der Waals surface area contributed by atoms with Crippen LogP contribution in [0.3, 0.4) is 0 Å². The molecule has 2 N–H and O–H groups in total. The van der Waals surface area contributed by atoms with Crippen LogP contribution in [0, 0.1) is 11.8 Å². The number of nitrogens with one attached hydrogen (secondary N) is 1. The molecule has 7 heteroatoms. The molecule has 1 saturated carbocycles. The number of amides is 2. The van der Waals surface area contributed by atoms with Gasteiger partial charge in [-0.25, -0.2) is 0 Å². The summed E-state index contributed by atoms with van der Waals surface area (Å²) in [7, 11) is 2.12. The predicted octanol–water partition coefficient (Wildman–Crippen LogP) is 3.43. The molecule has 1 aliphatic heterocycles. The van der Waals surface area contributed by atoms with E-state index in [1.165, 1.54) is 12.8 Å². The van der Waals surface area contributed by atoms with E-state index in [2.05, 4.69) is 24.2 Å². The smallest absolute Gasteiger partial charge is 0.258 e. The maximum atomic E-state index is 13.6. The largest absolute Gasteiger partial charge is 0.488 e. The summed E-state index contributed by atoms with van der Waals surface area (Å²) in [6.45, 7) is 6.15. The Balaban J connectivity index is 1.56. The molecule has 7 nitrogen and oxygen atoms in total. The standard InChI is InChI=1S/C28H37N3O4/c1-19-15-31(20(2)18-32)28(34)24-14-23(29-27(33)13-21-7-5-4-6-8-21)11-12-25(24)35-26(19)17-30(3)16-22-9-10-22/h4-8,11-12,14,19-20,22,26,32H,9-10,13,15-18H2,1-3H3,(H,29,33)/t19-,20-,26+/m1/s1. The number of benzene rings is 2. The summed E-state index contributed by atoms with van der Waals surface area (Å²) in [6.07, 6.45) is 2.74. The Morgan fingerprint density at radius 2 is 1.94 bits per heavy atom. The van der Waals surface area contributed by atoms with Gasteiger partial charge in [0.2, 0.25) is 5.91 Å². The topological polar surface area (TPSA) is 82.1 Å². The first kappa shape index (κ1) is 25.2. The summed E-state index contributed by atoms with van der Waals surface area (Å²) in [5.74, 6) is 1.04. The number of fused-ring (bicyclic) bond motifs is 1. The number of carbonyl (C=O) groups excluding carboxylic acids is 2. The highest BCUT2D eigenvalue weighted by Gasteiger charge is 2.34. The molecular weight excluding hydrogens is 442 g/mol. The Labute approximate surface area is 208 Å². The van der Waals surface area contributed by atoms with E-state index in [1.54, 1.807) is 23.1 Å². The molecule has 1 aliphatic carbocycles. The predicted molar refractivity (Wildman–Crippen MR) is 137 cm³/mol. The van der Waals surface area contributed by atoms with Crippen molar-refractivity contribution < 1.29 is 19.4 Å². The molecule has 4 rings (SSSR count). The molecule has 0 saturated heterocycles. The van der Waals surface area contributed by atoms with Crippen molar-refractivity contribution in [3.8, 4) is 5.75 Å². The van der Waals surface area contributed by atoms with Crippen LogP contribution < -0.4 is 10.1 Å². The van der Waals surface area contributed by atoms with Gasteiger partial charge in [0.15, 0.2) is 0 Å². The summed E-state index contributed by atoms with van der Waals surface area (Å²) in [4.78, 5) is 30.2. The van der Waals surface area contributed by atoms with Gasteiger partial charge in [0, 0.05) is 31.2 Å². The van der Waals surface area contributed by atoms with E-state index in [-0.39, 0.29) is 42.9 Å². The van der Waals surface area contributed by atoms with Crippen molar-refractivity contribution in [2.24, 2.45) is 11.8 Å². The number of hydrogen-bond donors (Lipinski definition) is 2. The average molecular weight is 480 g/mol. The van der Waals surface area contributed by atoms with E-state index < -0.39 is 0 Å². The van der Waals surface area contributed by atoms with E-state index >= 15 is 0 Å². The number of ether oxygens (including phenoxy) is 1. The molecule has 2 amide bonds. The Kier molecular flexibility index (Phi) is 8.08. The zero-order valence-corrected chi connectivity index (χ0v) is 20.9. The lowest BCUT2D eigenvalue weighted by molar-refractivity contribution is -0.115. The van der Waals surface area contributed by atoms with E-state index in [1.807, 2.05) is 37.3 Å².